The second-order valence-corrected chi connectivity index (χ2v) is 7.89. The second kappa shape index (κ2) is 7.47. The van der Waals surface area contributed by atoms with Crippen molar-refractivity contribution in [2.75, 3.05) is 4.90 Å². The molecule has 1 fully saturated rings. The highest BCUT2D eigenvalue weighted by Gasteiger charge is 2.33. The van der Waals surface area contributed by atoms with Crippen molar-refractivity contribution >= 4 is 61.9 Å². The predicted octanol–water partition coefficient (Wildman–Crippen LogP) is 5.80. The van der Waals surface area contributed by atoms with Gasteiger partial charge in [-0.05, 0) is 42.3 Å². The number of carbonyl (C=O) groups is 1. The Bertz CT molecular complexity index is 859. The van der Waals surface area contributed by atoms with Crippen molar-refractivity contribution in [2.45, 2.75) is 6.92 Å². The lowest BCUT2D eigenvalue weighted by molar-refractivity contribution is -0.113. The number of amides is 1. The van der Waals surface area contributed by atoms with Crippen molar-refractivity contribution < 1.29 is 4.79 Å². The summed E-state index contributed by atoms with van der Waals surface area (Å²) in [6.45, 7) is 1.98. The molecule has 0 radical (unpaired) electrons. The maximum absolute atomic E-state index is 12.7. The van der Waals surface area contributed by atoms with Crippen LogP contribution in [0.4, 0.5) is 5.69 Å². The van der Waals surface area contributed by atoms with E-state index in [2.05, 4.69) is 15.9 Å². The molecular weight excluding hydrogens is 402 g/mol. The molecule has 0 aromatic heterocycles. The molecule has 1 amide bonds. The maximum atomic E-state index is 12.7. The maximum Gasteiger partial charge on any atom is 0.270 e. The van der Waals surface area contributed by atoms with E-state index in [1.165, 1.54) is 11.8 Å². The normalized spacial score (nSPS) is 17.0. The zero-order valence-corrected chi connectivity index (χ0v) is 16.1. The van der Waals surface area contributed by atoms with Crippen LogP contribution in [-0.4, -0.2) is 10.2 Å². The number of nitrogens with zero attached hydrogens (tertiary/aromatic N) is 1. The number of hydrogen-bond acceptors (Lipinski definition) is 3. The molecule has 120 valence electrons. The summed E-state index contributed by atoms with van der Waals surface area (Å²) < 4.78 is 1.47. The van der Waals surface area contributed by atoms with E-state index < -0.39 is 0 Å². The number of benzene rings is 2. The van der Waals surface area contributed by atoms with Crippen LogP contribution in [0.3, 0.4) is 0 Å². The highest BCUT2D eigenvalue weighted by Crippen LogP contribution is 2.36. The third-order valence-electron chi connectivity index (χ3n) is 3.41. The number of thioether (sulfide) groups is 1. The molecule has 0 spiro atoms. The summed E-state index contributed by atoms with van der Waals surface area (Å²) in [6.07, 6.45) is 3.94. The molecule has 0 N–H and O–H groups in total. The van der Waals surface area contributed by atoms with E-state index in [9.17, 15) is 4.79 Å². The molecule has 0 bridgehead atoms. The Morgan fingerprint density at radius 2 is 1.92 bits per heavy atom. The molecule has 24 heavy (non-hydrogen) atoms. The largest absolute Gasteiger partial charge is 0.270 e. The average molecular weight is 416 g/mol. The van der Waals surface area contributed by atoms with Gasteiger partial charge in [0.1, 0.15) is 0 Å². The first kappa shape index (κ1) is 17.1. The van der Waals surface area contributed by atoms with Crippen LogP contribution in [0.2, 0.25) is 0 Å². The average Bonchev–Trinajstić information content (AvgIpc) is 2.82. The molecule has 1 aliphatic heterocycles. The second-order valence-electron chi connectivity index (χ2n) is 5.30. The third-order valence-corrected chi connectivity index (χ3v) is 5.21. The van der Waals surface area contributed by atoms with Crippen molar-refractivity contribution in [3.63, 3.8) is 0 Å². The molecule has 2 nitrogen and oxygen atoms in total. The molecule has 1 aliphatic rings. The number of anilines is 1. The summed E-state index contributed by atoms with van der Waals surface area (Å²) in [5, 5.41) is 0. The fourth-order valence-electron chi connectivity index (χ4n) is 2.37. The topological polar surface area (TPSA) is 20.3 Å². The van der Waals surface area contributed by atoms with Crippen LogP contribution in [0.1, 0.15) is 12.5 Å². The van der Waals surface area contributed by atoms with Gasteiger partial charge in [0.2, 0.25) is 0 Å². The predicted molar refractivity (Wildman–Crippen MR) is 110 cm³/mol. The summed E-state index contributed by atoms with van der Waals surface area (Å²) in [6, 6.07) is 17.6. The molecule has 0 unspecified atom stereocenters. The summed E-state index contributed by atoms with van der Waals surface area (Å²) in [5.41, 5.74) is 2.89. The van der Waals surface area contributed by atoms with E-state index in [1.54, 1.807) is 4.90 Å². The summed E-state index contributed by atoms with van der Waals surface area (Å²) >= 11 is 10.2. The first-order valence-corrected chi connectivity index (χ1v) is 9.33. The quantitative estimate of drug-likeness (QED) is 0.466. The van der Waals surface area contributed by atoms with Gasteiger partial charge in [-0.3, -0.25) is 9.69 Å². The molecule has 2 aromatic carbocycles. The van der Waals surface area contributed by atoms with Gasteiger partial charge in [-0.25, -0.2) is 0 Å². The number of carbonyl (C=O) groups excluding carboxylic acids is 1. The van der Waals surface area contributed by atoms with Gasteiger partial charge in [-0.2, -0.15) is 0 Å². The van der Waals surface area contributed by atoms with E-state index >= 15 is 0 Å². The van der Waals surface area contributed by atoms with Crippen LogP contribution >= 0.6 is 39.9 Å². The van der Waals surface area contributed by atoms with E-state index in [0.29, 0.717) is 9.23 Å². The van der Waals surface area contributed by atoms with Crippen molar-refractivity contribution in [3.05, 3.63) is 81.2 Å². The zero-order valence-electron chi connectivity index (χ0n) is 12.9. The van der Waals surface area contributed by atoms with Crippen LogP contribution in [0.15, 0.2) is 75.6 Å². The van der Waals surface area contributed by atoms with Crippen LogP contribution < -0.4 is 4.90 Å². The minimum Gasteiger partial charge on any atom is -0.268 e. The molecule has 3 rings (SSSR count). The van der Waals surface area contributed by atoms with Crippen LogP contribution in [-0.2, 0) is 4.79 Å². The minimum atomic E-state index is -0.0797. The number of hydrogen-bond donors (Lipinski definition) is 0. The number of halogens is 1. The smallest absolute Gasteiger partial charge is 0.268 e. The highest BCUT2D eigenvalue weighted by molar-refractivity contribution is 9.10. The Labute approximate surface area is 159 Å². The molecule has 1 saturated heterocycles. The Hall–Kier alpha value is -1.69. The van der Waals surface area contributed by atoms with E-state index in [0.717, 1.165) is 21.3 Å². The summed E-state index contributed by atoms with van der Waals surface area (Å²) in [4.78, 5) is 14.9. The van der Waals surface area contributed by atoms with Crippen LogP contribution in [0.5, 0.6) is 0 Å². The van der Waals surface area contributed by atoms with Crippen LogP contribution in [0, 0.1) is 0 Å². The van der Waals surface area contributed by atoms with Crippen molar-refractivity contribution in [2.24, 2.45) is 0 Å². The lowest BCUT2D eigenvalue weighted by Gasteiger charge is -2.14. The molecule has 0 saturated carbocycles. The minimum absolute atomic E-state index is 0.0797. The zero-order chi connectivity index (χ0) is 17.1. The Morgan fingerprint density at radius 3 is 2.62 bits per heavy atom. The molecule has 5 heteroatoms. The Kier molecular flexibility index (Phi) is 5.33. The fraction of sp³-hybridized carbons (Fsp3) is 0.0526. The van der Waals surface area contributed by atoms with Gasteiger partial charge in [0, 0.05) is 4.47 Å². The van der Waals surface area contributed by atoms with E-state index in [1.807, 2.05) is 73.7 Å². The summed E-state index contributed by atoms with van der Waals surface area (Å²) in [5.74, 6) is -0.0797. The number of thiocarbonyl (C=S) groups is 1. The number of rotatable bonds is 3. The Morgan fingerprint density at radius 1 is 1.17 bits per heavy atom. The molecule has 1 heterocycles. The lowest BCUT2D eigenvalue weighted by atomic mass is 10.1. The number of allylic oxidation sites excluding steroid dienone is 2. The fourth-order valence-corrected chi connectivity index (χ4v) is 4.10. The van der Waals surface area contributed by atoms with Gasteiger partial charge in [0.15, 0.2) is 4.32 Å². The van der Waals surface area contributed by atoms with Gasteiger partial charge in [0.05, 0.1) is 10.6 Å². The van der Waals surface area contributed by atoms with Gasteiger partial charge < -0.3 is 0 Å². The first-order chi connectivity index (χ1) is 11.5. The van der Waals surface area contributed by atoms with E-state index in [4.69, 9.17) is 12.2 Å². The van der Waals surface area contributed by atoms with Gasteiger partial charge >= 0.3 is 0 Å². The molecule has 0 atom stereocenters. The highest BCUT2D eigenvalue weighted by atomic mass is 79.9. The van der Waals surface area contributed by atoms with Crippen molar-refractivity contribution in [1.29, 1.82) is 0 Å². The van der Waals surface area contributed by atoms with Crippen molar-refractivity contribution in [3.8, 4) is 0 Å². The van der Waals surface area contributed by atoms with Gasteiger partial charge in [-0.15, -0.1) is 0 Å². The molecular formula is C19H14BrNOS2. The van der Waals surface area contributed by atoms with Crippen molar-refractivity contribution in [1.82, 2.24) is 0 Å². The van der Waals surface area contributed by atoms with Crippen LogP contribution in [0.25, 0.3) is 6.08 Å². The van der Waals surface area contributed by atoms with E-state index in [-0.39, 0.29) is 5.91 Å². The van der Waals surface area contributed by atoms with Gasteiger partial charge in [-0.1, -0.05) is 82.4 Å². The Balaban J connectivity index is 1.87. The van der Waals surface area contributed by atoms with Gasteiger partial charge in [0.25, 0.3) is 5.91 Å². The first-order valence-electron chi connectivity index (χ1n) is 7.31. The molecule has 0 aliphatic carbocycles. The lowest BCUT2D eigenvalue weighted by Crippen LogP contribution is -2.27. The third kappa shape index (κ3) is 3.86. The molecule has 2 aromatic rings. The standard InChI is InChI=1S/C19H14BrNOS2/c1-13(10-14-6-3-2-4-7-14)11-17-18(22)21(19(23)24-17)16-9-5-8-15(20)12-16/h2-12H,1H3/b13-10+,17-11+. The SMILES string of the molecule is CC(=C\c1ccccc1)/C=C1/SC(=S)N(c2cccc(Br)c2)C1=O. The summed E-state index contributed by atoms with van der Waals surface area (Å²) in [7, 11) is 0. The monoisotopic (exact) mass is 415 g/mol.